The fraction of sp³-hybridized carbons (Fsp3) is 0.250. The molecule has 0 radical (unpaired) electrons. The molecular weight excluding hydrogens is 343 g/mol. The van der Waals surface area contributed by atoms with Crippen molar-refractivity contribution in [3.05, 3.63) is 75.5 Å². The summed E-state index contributed by atoms with van der Waals surface area (Å²) >= 11 is 12.3. The number of hydrogen-bond acceptors (Lipinski definition) is 2. The van der Waals surface area contributed by atoms with Crippen LogP contribution in [0.3, 0.4) is 0 Å². The molecule has 2 nitrogen and oxygen atoms in total. The fourth-order valence-corrected chi connectivity index (χ4v) is 3.70. The van der Waals surface area contributed by atoms with Crippen molar-refractivity contribution in [2.75, 3.05) is 0 Å². The summed E-state index contributed by atoms with van der Waals surface area (Å²) in [5, 5.41) is 1.27. The minimum atomic E-state index is -0.765. The number of rotatable bonds is 4. The van der Waals surface area contributed by atoms with E-state index in [1.165, 1.54) is 0 Å². The van der Waals surface area contributed by atoms with Crippen LogP contribution in [-0.4, -0.2) is 5.97 Å². The SMILES string of the molecule is CC/C(=C1/OC(=O)[C@@]1(CC)c1cccc(Cl)c1)c1cccc(Cl)c1. The predicted molar refractivity (Wildman–Crippen MR) is 98.2 cm³/mol. The molecule has 0 amide bonds. The van der Waals surface area contributed by atoms with Gasteiger partial charge in [-0.1, -0.05) is 61.3 Å². The Morgan fingerprint density at radius 3 is 2.25 bits per heavy atom. The van der Waals surface area contributed by atoms with Gasteiger partial charge in [-0.3, -0.25) is 4.79 Å². The van der Waals surface area contributed by atoms with Crippen molar-refractivity contribution in [3.8, 4) is 0 Å². The van der Waals surface area contributed by atoms with Crippen molar-refractivity contribution in [1.29, 1.82) is 0 Å². The van der Waals surface area contributed by atoms with Crippen LogP contribution in [0.2, 0.25) is 10.0 Å². The molecular formula is C20H18Cl2O2. The molecule has 2 aromatic rings. The number of carbonyl (C=O) groups excluding carboxylic acids is 1. The lowest BCUT2D eigenvalue weighted by Gasteiger charge is -2.42. The molecule has 1 aliphatic heterocycles. The summed E-state index contributed by atoms with van der Waals surface area (Å²) in [6, 6.07) is 15.1. The molecule has 4 heteroatoms. The van der Waals surface area contributed by atoms with E-state index >= 15 is 0 Å². The molecule has 0 aromatic heterocycles. The Balaban J connectivity index is 2.20. The monoisotopic (exact) mass is 360 g/mol. The number of esters is 1. The summed E-state index contributed by atoms with van der Waals surface area (Å²) in [5.74, 6) is 0.484. The Hall–Kier alpha value is -1.77. The van der Waals surface area contributed by atoms with Gasteiger partial charge in [0.05, 0.1) is 0 Å². The first kappa shape index (κ1) is 17.1. The minimum absolute atomic E-state index is 0.227. The van der Waals surface area contributed by atoms with Crippen LogP contribution in [0, 0.1) is 0 Å². The molecule has 24 heavy (non-hydrogen) atoms. The van der Waals surface area contributed by atoms with Crippen molar-refractivity contribution < 1.29 is 9.53 Å². The molecule has 0 saturated carbocycles. The number of halogens is 2. The van der Waals surface area contributed by atoms with Crippen molar-refractivity contribution in [1.82, 2.24) is 0 Å². The molecule has 2 aromatic carbocycles. The third-order valence-electron chi connectivity index (χ3n) is 4.58. The van der Waals surface area contributed by atoms with Crippen molar-refractivity contribution in [2.24, 2.45) is 0 Å². The normalized spacial score (nSPS) is 21.9. The van der Waals surface area contributed by atoms with E-state index < -0.39 is 5.41 Å². The first-order valence-corrected chi connectivity index (χ1v) is 8.76. The van der Waals surface area contributed by atoms with Crippen molar-refractivity contribution >= 4 is 34.7 Å². The maximum Gasteiger partial charge on any atom is 0.329 e. The molecule has 0 aliphatic carbocycles. The lowest BCUT2D eigenvalue weighted by molar-refractivity contribution is -0.160. The highest BCUT2D eigenvalue weighted by atomic mass is 35.5. The summed E-state index contributed by atoms with van der Waals surface area (Å²) in [6.45, 7) is 4.04. The first-order valence-electron chi connectivity index (χ1n) is 8.00. The third-order valence-corrected chi connectivity index (χ3v) is 5.05. The van der Waals surface area contributed by atoms with Crippen LogP contribution in [0.15, 0.2) is 54.3 Å². The summed E-state index contributed by atoms with van der Waals surface area (Å²) in [6.07, 6.45) is 1.36. The number of carbonyl (C=O) groups is 1. The number of allylic oxidation sites excluding steroid dienone is 1. The van der Waals surface area contributed by atoms with Crippen LogP contribution in [0.5, 0.6) is 0 Å². The van der Waals surface area contributed by atoms with E-state index in [0.29, 0.717) is 22.2 Å². The lowest BCUT2D eigenvalue weighted by Crippen LogP contribution is -2.50. The van der Waals surface area contributed by atoms with Gasteiger partial charge in [-0.2, -0.15) is 0 Å². The Morgan fingerprint density at radius 2 is 1.71 bits per heavy atom. The average Bonchev–Trinajstić information content (AvgIpc) is 2.56. The van der Waals surface area contributed by atoms with E-state index in [1.807, 2.05) is 56.3 Å². The molecule has 124 valence electrons. The molecule has 3 rings (SSSR count). The molecule has 1 saturated heterocycles. The zero-order chi connectivity index (χ0) is 17.3. The van der Waals surface area contributed by atoms with Crippen LogP contribution in [0.1, 0.15) is 37.8 Å². The van der Waals surface area contributed by atoms with Gasteiger partial charge in [0.1, 0.15) is 5.76 Å². The van der Waals surface area contributed by atoms with Gasteiger partial charge in [-0.25, -0.2) is 0 Å². The number of cyclic esters (lactones) is 1. The molecule has 1 atom stereocenters. The van der Waals surface area contributed by atoms with E-state index in [-0.39, 0.29) is 5.97 Å². The summed E-state index contributed by atoms with van der Waals surface area (Å²) in [4.78, 5) is 12.5. The molecule has 1 fully saturated rings. The van der Waals surface area contributed by atoms with Gasteiger partial charge in [0, 0.05) is 10.0 Å². The lowest BCUT2D eigenvalue weighted by atomic mass is 9.70. The van der Waals surface area contributed by atoms with Gasteiger partial charge in [0.15, 0.2) is 5.41 Å². The second-order valence-corrected chi connectivity index (χ2v) is 6.70. The zero-order valence-electron chi connectivity index (χ0n) is 13.6. The van der Waals surface area contributed by atoms with Gasteiger partial charge < -0.3 is 4.74 Å². The van der Waals surface area contributed by atoms with Crippen LogP contribution < -0.4 is 0 Å². The topological polar surface area (TPSA) is 26.3 Å². The van der Waals surface area contributed by atoms with Crippen LogP contribution in [0.25, 0.3) is 5.57 Å². The third kappa shape index (κ3) is 2.64. The molecule has 1 aliphatic rings. The molecule has 0 bridgehead atoms. The number of ether oxygens (including phenoxy) is 1. The first-order chi connectivity index (χ1) is 11.5. The molecule has 0 N–H and O–H groups in total. The van der Waals surface area contributed by atoms with Gasteiger partial charge in [0.2, 0.25) is 0 Å². The largest absolute Gasteiger partial charge is 0.428 e. The second-order valence-electron chi connectivity index (χ2n) is 5.83. The average molecular weight is 361 g/mol. The second kappa shape index (κ2) is 6.62. The quantitative estimate of drug-likeness (QED) is 0.623. The van der Waals surface area contributed by atoms with Gasteiger partial charge in [-0.05, 0) is 53.8 Å². The Bertz CT molecular complexity index is 826. The Morgan fingerprint density at radius 1 is 1.04 bits per heavy atom. The highest BCUT2D eigenvalue weighted by Gasteiger charge is 2.55. The molecule has 0 unspecified atom stereocenters. The van der Waals surface area contributed by atoms with E-state index in [1.54, 1.807) is 6.07 Å². The van der Waals surface area contributed by atoms with E-state index in [2.05, 4.69) is 0 Å². The number of benzene rings is 2. The molecule has 0 spiro atoms. The fourth-order valence-electron chi connectivity index (χ4n) is 3.32. The van der Waals surface area contributed by atoms with E-state index in [9.17, 15) is 4.79 Å². The van der Waals surface area contributed by atoms with Gasteiger partial charge in [0.25, 0.3) is 0 Å². The van der Waals surface area contributed by atoms with Crippen molar-refractivity contribution in [2.45, 2.75) is 32.1 Å². The highest BCUT2D eigenvalue weighted by Crippen LogP contribution is 2.50. The Labute approximate surface area is 152 Å². The summed E-state index contributed by atoms with van der Waals surface area (Å²) < 4.78 is 5.54. The standard InChI is InChI=1S/C20H18Cl2O2/c1-3-17(13-7-5-9-15(21)11-13)18-20(4-2,19(23)24-18)14-8-6-10-16(22)12-14/h5-12H,3-4H2,1-2H3/b18-17-/t20-/m0/s1. The smallest absolute Gasteiger partial charge is 0.329 e. The van der Waals surface area contributed by atoms with Crippen molar-refractivity contribution in [3.63, 3.8) is 0 Å². The van der Waals surface area contributed by atoms with Crippen LogP contribution in [-0.2, 0) is 14.9 Å². The van der Waals surface area contributed by atoms with E-state index in [0.717, 1.165) is 23.1 Å². The van der Waals surface area contributed by atoms with Gasteiger partial charge in [-0.15, -0.1) is 0 Å². The van der Waals surface area contributed by atoms with Gasteiger partial charge >= 0.3 is 5.97 Å². The Kier molecular flexibility index (Phi) is 4.71. The molecule has 1 heterocycles. The maximum absolute atomic E-state index is 12.5. The number of hydrogen-bond donors (Lipinski definition) is 0. The van der Waals surface area contributed by atoms with Crippen LogP contribution in [0.4, 0.5) is 0 Å². The highest BCUT2D eigenvalue weighted by molar-refractivity contribution is 6.31. The van der Waals surface area contributed by atoms with E-state index in [4.69, 9.17) is 27.9 Å². The summed E-state index contributed by atoms with van der Waals surface area (Å²) in [5.41, 5.74) is 2.08. The summed E-state index contributed by atoms with van der Waals surface area (Å²) in [7, 11) is 0. The maximum atomic E-state index is 12.5. The minimum Gasteiger partial charge on any atom is -0.428 e. The zero-order valence-corrected chi connectivity index (χ0v) is 15.1. The van der Waals surface area contributed by atoms with Crippen LogP contribution >= 0.6 is 23.2 Å². The predicted octanol–water partition coefficient (Wildman–Crippen LogP) is 6.02.